The standard InChI is InChI=1S/C17H19ClFN3O2/c18-11-4-5-13-21-14(15(19)22(13)9-11)16(23)20-12-8-17(24-10-12)6-2-1-3-7-17/h4-5,9,12H,1-3,6-8,10H2,(H,20,23)/t12-/m0/s1. The summed E-state index contributed by atoms with van der Waals surface area (Å²) in [7, 11) is 0. The highest BCUT2D eigenvalue weighted by Crippen LogP contribution is 2.39. The Kier molecular flexibility index (Phi) is 3.96. The molecule has 2 aromatic heterocycles. The number of pyridine rings is 1. The molecule has 2 aliphatic rings. The minimum atomic E-state index is -0.698. The second-order valence-electron chi connectivity index (χ2n) is 6.76. The lowest BCUT2D eigenvalue weighted by atomic mass is 9.82. The molecule has 1 atom stereocenters. The van der Waals surface area contributed by atoms with Crippen molar-refractivity contribution < 1.29 is 13.9 Å². The largest absolute Gasteiger partial charge is 0.373 e. The first kappa shape index (κ1) is 15.8. The monoisotopic (exact) mass is 351 g/mol. The van der Waals surface area contributed by atoms with Crippen LogP contribution in [0, 0.1) is 5.95 Å². The molecule has 4 rings (SSSR count). The normalized spacial score (nSPS) is 23.0. The van der Waals surface area contributed by atoms with Gasteiger partial charge in [0.25, 0.3) is 5.91 Å². The van der Waals surface area contributed by atoms with Crippen molar-refractivity contribution in [1.82, 2.24) is 14.7 Å². The van der Waals surface area contributed by atoms with E-state index in [9.17, 15) is 9.18 Å². The summed E-state index contributed by atoms with van der Waals surface area (Å²) in [6, 6.07) is 3.10. The Bertz CT molecular complexity index is 785. The van der Waals surface area contributed by atoms with E-state index in [1.165, 1.54) is 29.9 Å². The minimum Gasteiger partial charge on any atom is -0.373 e. The van der Waals surface area contributed by atoms with Crippen molar-refractivity contribution in [1.29, 1.82) is 0 Å². The Labute approximate surface area is 144 Å². The molecule has 2 aromatic rings. The molecule has 1 spiro atoms. The molecule has 0 bridgehead atoms. The number of carbonyl (C=O) groups is 1. The number of rotatable bonds is 2. The van der Waals surface area contributed by atoms with Crippen molar-refractivity contribution in [3.8, 4) is 0 Å². The SMILES string of the molecule is O=C(N[C@@H]1COC2(CCCCC2)C1)c1nc2ccc(Cl)cn2c1F. The average molecular weight is 352 g/mol. The molecule has 1 saturated carbocycles. The molecule has 0 unspecified atom stereocenters. The van der Waals surface area contributed by atoms with Gasteiger partial charge in [-0.05, 0) is 31.4 Å². The van der Waals surface area contributed by atoms with Crippen LogP contribution >= 0.6 is 11.6 Å². The van der Waals surface area contributed by atoms with Gasteiger partial charge < -0.3 is 10.1 Å². The number of carbonyl (C=O) groups excluding carboxylic acids is 1. The third kappa shape index (κ3) is 2.78. The molecular weight excluding hydrogens is 333 g/mol. The van der Waals surface area contributed by atoms with Crippen LogP contribution in [0.4, 0.5) is 4.39 Å². The van der Waals surface area contributed by atoms with Crippen LogP contribution in [0.5, 0.6) is 0 Å². The Hall–Kier alpha value is -1.66. The predicted octanol–water partition coefficient (Wildman–Crippen LogP) is 3.35. The molecule has 24 heavy (non-hydrogen) atoms. The molecule has 1 amide bonds. The summed E-state index contributed by atoms with van der Waals surface area (Å²) in [4.78, 5) is 16.5. The zero-order valence-corrected chi connectivity index (χ0v) is 14.0. The number of imidazole rings is 1. The van der Waals surface area contributed by atoms with Crippen LogP contribution in [0.15, 0.2) is 18.3 Å². The average Bonchev–Trinajstić information content (AvgIpc) is 3.10. The Balaban J connectivity index is 1.50. The number of hydrogen-bond acceptors (Lipinski definition) is 3. The molecular formula is C17H19ClFN3O2. The molecule has 0 radical (unpaired) electrons. The van der Waals surface area contributed by atoms with E-state index in [0.717, 1.165) is 19.3 Å². The summed E-state index contributed by atoms with van der Waals surface area (Å²) in [5.41, 5.74) is 0.0524. The summed E-state index contributed by atoms with van der Waals surface area (Å²) >= 11 is 5.87. The van der Waals surface area contributed by atoms with Crippen molar-refractivity contribution in [3.05, 3.63) is 35.0 Å². The van der Waals surface area contributed by atoms with E-state index >= 15 is 0 Å². The Morgan fingerprint density at radius 2 is 2.17 bits per heavy atom. The van der Waals surface area contributed by atoms with Gasteiger partial charge in [-0.1, -0.05) is 30.9 Å². The molecule has 0 aromatic carbocycles. The van der Waals surface area contributed by atoms with Gasteiger partial charge in [0.1, 0.15) is 5.65 Å². The number of nitrogens with zero attached hydrogens (tertiary/aromatic N) is 2. The molecule has 1 aliphatic heterocycles. The zero-order chi connectivity index (χ0) is 16.7. The first-order valence-electron chi connectivity index (χ1n) is 8.34. The molecule has 3 heterocycles. The molecule has 5 nitrogen and oxygen atoms in total. The van der Waals surface area contributed by atoms with E-state index < -0.39 is 11.9 Å². The maximum absolute atomic E-state index is 14.4. The van der Waals surface area contributed by atoms with Gasteiger partial charge in [0.2, 0.25) is 5.95 Å². The van der Waals surface area contributed by atoms with E-state index in [1.54, 1.807) is 12.1 Å². The summed E-state index contributed by atoms with van der Waals surface area (Å²) < 4.78 is 21.6. The summed E-state index contributed by atoms with van der Waals surface area (Å²) in [6.07, 6.45) is 7.87. The van der Waals surface area contributed by atoms with Gasteiger partial charge >= 0.3 is 0 Å². The quantitative estimate of drug-likeness (QED) is 0.902. The highest BCUT2D eigenvalue weighted by molar-refractivity contribution is 6.30. The fourth-order valence-electron chi connectivity index (χ4n) is 3.87. The van der Waals surface area contributed by atoms with Crippen molar-refractivity contribution in [2.75, 3.05) is 6.61 Å². The van der Waals surface area contributed by atoms with Crippen molar-refractivity contribution in [3.63, 3.8) is 0 Å². The van der Waals surface area contributed by atoms with E-state index in [4.69, 9.17) is 16.3 Å². The number of halogens is 2. The minimum absolute atomic E-state index is 0.0941. The highest BCUT2D eigenvalue weighted by Gasteiger charge is 2.41. The van der Waals surface area contributed by atoms with Crippen molar-refractivity contribution >= 4 is 23.2 Å². The topological polar surface area (TPSA) is 55.6 Å². The maximum Gasteiger partial charge on any atom is 0.274 e. The van der Waals surface area contributed by atoms with Crippen molar-refractivity contribution in [2.45, 2.75) is 50.2 Å². The molecule has 2 fully saturated rings. The van der Waals surface area contributed by atoms with Crippen LogP contribution in [-0.2, 0) is 4.74 Å². The fourth-order valence-corrected chi connectivity index (χ4v) is 4.03. The van der Waals surface area contributed by atoms with Crippen molar-refractivity contribution in [2.24, 2.45) is 0 Å². The Morgan fingerprint density at radius 1 is 1.38 bits per heavy atom. The van der Waals surface area contributed by atoms with E-state index in [1.807, 2.05) is 0 Å². The van der Waals surface area contributed by atoms with Gasteiger partial charge in [0.05, 0.1) is 23.3 Å². The molecule has 1 aliphatic carbocycles. The summed E-state index contributed by atoms with van der Waals surface area (Å²) in [5.74, 6) is -1.20. The second-order valence-corrected chi connectivity index (χ2v) is 7.19. The second kappa shape index (κ2) is 6.01. The lowest BCUT2D eigenvalue weighted by molar-refractivity contribution is -0.0246. The lowest BCUT2D eigenvalue weighted by Gasteiger charge is -2.32. The summed E-state index contributed by atoms with van der Waals surface area (Å²) in [5, 5.41) is 3.25. The number of nitrogens with one attached hydrogen (secondary N) is 1. The van der Waals surface area contributed by atoms with Gasteiger partial charge in [0.15, 0.2) is 5.69 Å². The first-order chi connectivity index (χ1) is 11.6. The predicted molar refractivity (Wildman–Crippen MR) is 87.8 cm³/mol. The Morgan fingerprint density at radius 3 is 2.96 bits per heavy atom. The number of amides is 1. The van der Waals surface area contributed by atoms with Crippen LogP contribution in [0.1, 0.15) is 49.0 Å². The number of aromatic nitrogens is 2. The zero-order valence-electron chi connectivity index (χ0n) is 13.2. The fraction of sp³-hybridized carbons (Fsp3) is 0.529. The number of fused-ring (bicyclic) bond motifs is 1. The first-order valence-corrected chi connectivity index (χ1v) is 8.72. The summed E-state index contributed by atoms with van der Waals surface area (Å²) in [6.45, 7) is 0.479. The van der Waals surface area contributed by atoms with Gasteiger partial charge in [-0.2, -0.15) is 4.39 Å². The van der Waals surface area contributed by atoms with Crippen LogP contribution in [0.25, 0.3) is 5.65 Å². The third-order valence-corrected chi connectivity index (χ3v) is 5.27. The number of hydrogen-bond donors (Lipinski definition) is 1. The van der Waals surface area contributed by atoms with Crippen LogP contribution in [0.2, 0.25) is 5.02 Å². The van der Waals surface area contributed by atoms with Gasteiger partial charge in [-0.15, -0.1) is 0 Å². The third-order valence-electron chi connectivity index (χ3n) is 5.05. The van der Waals surface area contributed by atoms with Crippen LogP contribution in [0.3, 0.4) is 0 Å². The van der Waals surface area contributed by atoms with Crippen LogP contribution in [-0.4, -0.2) is 33.5 Å². The van der Waals surface area contributed by atoms with Crippen LogP contribution < -0.4 is 5.32 Å². The lowest BCUT2D eigenvalue weighted by Crippen LogP contribution is -2.37. The van der Waals surface area contributed by atoms with E-state index in [-0.39, 0.29) is 17.3 Å². The smallest absolute Gasteiger partial charge is 0.274 e. The highest BCUT2D eigenvalue weighted by atomic mass is 35.5. The van der Waals surface area contributed by atoms with Gasteiger partial charge in [0, 0.05) is 6.20 Å². The molecule has 128 valence electrons. The molecule has 7 heteroatoms. The molecule has 1 saturated heterocycles. The van der Waals surface area contributed by atoms with E-state index in [0.29, 0.717) is 17.3 Å². The molecule has 1 N–H and O–H groups in total. The van der Waals surface area contributed by atoms with E-state index in [2.05, 4.69) is 10.3 Å². The maximum atomic E-state index is 14.4. The van der Waals surface area contributed by atoms with Gasteiger partial charge in [-0.3, -0.25) is 9.20 Å². The van der Waals surface area contributed by atoms with Gasteiger partial charge in [-0.25, -0.2) is 4.98 Å². The number of ether oxygens (including phenoxy) is 1.